The summed E-state index contributed by atoms with van der Waals surface area (Å²) >= 11 is 0. The Hall–Kier alpha value is -3.99. The molecule has 8 heteroatoms. The number of nitriles is 1. The van der Waals surface area contributed by atoms with E-state index in [2.05, 4.69) is 21.6 Å². The maximum Gasteiger partial charge on any atom is 0.164 e. The number of hydrogen-bond donors (Lipinski definition) is 1. The zero-order valence-electron chi connectivity index (χ0n) is 20.7. The Morgan fingerprint density at radius 3 is 2.71 bits per heavy atom. The fourth-order valence-electron chi connectivity index (χ4n) is 4.01. The summed E-state index contributed by atoms with van der Waals surface area (Å²) in [6.07, 6.45) is 6.31. The van der Waals surface area contributed by atoms with Crippen molar-refractivity contribution >= 4 is 17.9 Å². The van der Waals surface area contributed by atoms with Gasteiger partial charge in [0.15, 0.2) is 5.82 Å². The van der Waals surface area contributed by atoms with Crippen molar-refractivity contribution in [3.8, 4) is 28.6 Å². The number of rotatable bonds is 10. The second-order valence-electron chi connectivity index (χ2n) is 9.33. The van der Waals surface area contributed by atoms with Crippen molar-refractivity contribution in [2.75, 3.05) is 30.4 Å². The lowest BCUT2D eigenvalue weighted by Crippen LogP contribution is -2.22. The third kappa shape index (κ3) is 5.75. The summed E-state index contributed by atoms with van der Waals surface area (Å²) < 4.78 is 1.87. The number of aromatic nitrogens is 4. The minimum absolute atomic E-state index is 0.571. The van der Waals surface area contributed by atoms with Crippen molar-refractivity contribution in [3.63, 3.8) is 0 Å². The van der Waals surface area contributed by atoms with Gasteiger partial charge in [-0.2, -0.15) is 5.26 Å². The van der Waals surface area contributed by atoms with E-state index in [1.54, 1.807) is 12.4 Å². The van der Waals surface area contributed by atoms with Crippen LogP contribution in [-0.4, -0.2) is 46.2 Å². The second-order valence-corrected chi connectivity index (χ2v) is 9.33. The fourth-order valence-corrected chi connectivity index (χ4v) is 4.01. The van der Waals surface area contributed by atoms with Crippen LogP contribution in [0.5, 0.6) is 0 Å². The van der Waals surface area contributed by atoms with Crippen molar-refractivity contribution in [3.05, 3.63) is 53.4 Å². The van der Waals surface area contributed by atoms with E-state index in [9.17, 15) is 10.1 Å². The van der Waals surface area contributed by atoms with E-state index in [-0.39, 0.29) is 0 Å². The Morgan fingerprint density at radius 1 is 1.26 bits per heavy atom. The molecule has 1 fully saturated rings. The summed E-state index contributed by atoms with van der Waals surface area (Å²) in [4.78, 5) is 18.1. The first-order valence-electron chi connectivity index (χ1n) is 11.9. The quantitative estimate of drug-likeness (QED) is 0.342. The van der Waals surface area contributed by atoms with Gasteiger partial charge in [-0.3, -0.25) is 4.79 Å². The van der Waals surface area contributed by atoms with Crippen molar-refractivity contribution < 1.29 is 4.79 Å². The number of likely N-dealkylation sites (N-methyl/N-ethyl adjacent to an activating group) is 1. The molecule has 0 bridgehead atoms. The zero-order chi connectivity index (χ0) is 24.9. The van der Waals surface area contributed by atoms with Gasteiger partial charge in [-0.05, 0) is 78.8 Å². The molecule has 1 aromatic carbocycles. The van der Waals surface area contributed by atoms with Gasteiger partial charge < -0.3 is 14.8 Å². The molecule has 0 radical (unpaired) electrons. The molecule has 0 aliphatic heterocycles. The van der Waals surface area contributed by atoms with Crippen LogP contribution in [0.1, 0.15) is 38.7 Å². The summed E-state index contributed by atoms with van der Waals surface area (Å²) in [5.41, 5.74) is 4.99. The van der Waals surface area contributed by atoms with Crippen LogP contribution in [0, 0.1) is 17.2 Å². The number of anilines is 2. The maximum atomic E-state index is 11.2. The summed E-state index contributed by atoms with van der Waals surface area (Å²) in [5.74, 6) is 3.10. The van der Waals surface area contributed by atoms with Crippen molar-refractivity contribution in [2.45, 2.75) is 33.1 Å². The molecule has 2 heterocycles. The van der Waals surface area contributed by atoms with Crippen LogP contribution in [0.3, 0.4) is 0 Å². The van der Waals surface area contributed by atoms with Crippen LogP contribution >= 0.6 is 0 Å². The summed E-state index contributed by atoms with van der Waals surface area (Å²) in [7, 11) is 3.87. The van der Waals surface area contributed by atoms with E-state index in [1.165, 1.54) is 12.8 Å². The number of nitrogens with one attached hydrogen (secondary N) is 1. The maximum absolute atomic E-state index is 11.2. The monoisotopic (exact) mass is 469 g/mol. The molecule has 3 aromatic rings. The van der Waals surface area contributed by atoms with Crippen molar-refractivity contribution in [1.29, 1.82) is 5.26 Å². The predicted molar refractivity (Wildman–Crippen MR) is 138 cm³/mol. The van der Waals surface area contributed by atoms with Crippen molar-refractivity contribution in [2.24, 2.45) is 13.0 Å². The van der Waals surface area contributed by atoms with Gasteiger partial charge in [-0.15, -0.1) is 10.2 Å². The number of hydrogen-bond acceptors (Lipinski definition) is 7. The topological polar surface area (TPSA) is 99.7 Å². The number of allylic oxidation sites excluding steroid dienone is 1. The van der Waals surface area contributed by atoms with Crippen LogP contribution in [-0.2, 0) is 11.8 Å². The third-order valence-corrected chi connectivity index (χ3v) is 6.49. The van der Waals surface area contributed by atoms with Gasteiger partial charge in [-0.1, -0.05) is 12.8 Å². The molecule has 1 saturated carbocycles. The Morgan fingerprint density at radius 2 is 2.06 bits per heavy atom. The minimum atomic E-state index is 0.571. The molecule has 4 rings (SSSR count). The number of aryl methyl sites for hydroxylation is 1. The van der Waals surface area contributed by atoms with Gasteiger partial charge in [0, 0.05) is 32.7 Å². The first-order chi connectivity index (χ1) is 16.9. The molecule has 1 aliphatic rings. The summed E-state index contributed by atoms with van der Waals surface area (Å²) in [5, 5.41) is 21.4. The Balaban J connectivity index is 1.78. The van der Waals surface area contributed by atoms with E-state index in [0.29, 0.717) is 12.1 Å². The Labute approximate surface area is 206 Å². The lowest BCUT2D eigenvalue weighted by Gasteiger charge is -2.22. The molecule has 180 valence electrons. The number of pyridine rings is 1. The predicted octanol–water partition coefficient (Wildman–Crippen LogP) is 4.60. The highest BCUT2D eigenvalue weighted by Gasteiger charge is 2.21. The number of aldehydes is 1. The van der Waals surface area contributed by atoms with Gasteiger partial charge in [0.2, 0.25) is 0 Å². The molecule has 1 aliphatic carbocycles. The average molecular weight is 470 g/mol. The van der Waals surface area contributed by atoms with E-state index < -0.39 is 0 Å². The third-order valence-electron chi connectivity index (χ3n) is 6.49. The molecule has 0 atom stereocenters. The lowest BCUT2D eigenvalue weighted by atomic mass is 9.97. The molecule has 0 unspecified atom stereocenters. The second kappa shape index (κ2) is 10.5. The zero-order valence-corrected chi connectivity index (χ0v) is 20.7. The highest BCUT2D eigenvalue weighted by atomic mass is 16.1. The fraction of sp³-hybridized carbons (Fsp3) is 0.370. The van der Waals surface area contributed by atoms with Crippen molar-refractivity contribution in [1.82, 2.24) is 19.7 Å². The van der Waals surface area contributed by atoms with Crippen LogP contribution in [0.4, 0.5) is 11.6 Å². The molecular weight excluding hydrogens is 438 g/mol. The first kappa shape index (κ1) is 24.1. The highest BCUT2D eigenvalue weighted by molar-refractivity contribution is 5.84. The first-order valence-corrected chi connectivity index (χ1v) is 11.9. The van der Waals surface area contributed by atoms with Crippen LogP contribution in [0.25, 0.3) is 22.5 Å². The number of benzene rings is 1. The lowest BCUT2D eigenvalue weighted by molar-refractivity contribution is -0.104. The Bertz CT molecular complexity index is 1300. The van der Waals surface area contributed by atoms with Gasteiger partial charge in [0.1, 0.15) is 24.2 Å². The van der Waals surface area contributed by atoms with Gasteiger partial charge in [-0.25, -0.2) is 4.98 Å². The molecule has 0 saturated heterocycles. The number of nitrogens with zero attached hydrogens (tertiary/aromatic N) is 6. The normalized spacial score (nSPS) is 13.7. The van der Waals surface area contributed by atoms with Crippen LogP contribution in [0.2, 0.25) is 0 Å². The van der Waals surface area contributed by atoms with E-state index in [0.717, 1.165) is 70.5 Å². The molecule has 0 spiro atoms. The molecular formula is C27H31N7O. The van der Waals surface area contributed by atoms with E-state index in [4.69, 9.17) is 4.98 Å². The molecule has 2 aromatic heterocycles. The van der Waals surface area contributed by atoms with E-state index >= 15 is 0 Å². The SMILES string of the molecule is C/C(C=O)=C(\C)CN(C)c1cc(-c2cc(C#N)ccc2-c2nncn2C)cc(NCCC2CC2)n1. The molecule has 35 heavy (non-hydrogen) atoms. The van der Waals surface area contributed by atoms with E-state index in [1.807, 2.05) is 61.7 Å². The van der Waals surface area contributed by atoms with Crippen LogP contribution < -0.4 is 10.2 Å². The summed E-state index contributed by atoms with van der Waals surface area (Å²) in [6, 6.07) is 11.9. The molecule has 1 N–H and O–H groups in total. The van der Waals surface area contributed by atoms with Crippen LogP contribution in [0.15, 0.2) is 47.8 Å². The number of carbonyl (C=O) groups is 1. The Kier molecular flexibility index (Phi) is 7.25. The van der Waals surface area contributed by atoms with Gasteiger partial charge in [0.25, 0.3) is 0 Å². The number of carbonyl (C=O) groups excluding carboxylic acids is 1. The standard InChI is InChI=1S/C27H31N7O/c1-18(19(2)16-35)15-33(3)26-13-22(12-25(31-26)29-10-9-20-5-6-20)24-11-21(14-28)7-8-23(24)27-32-30-17-34(27)4/h7-8,11-13,16-17,20H,5-6,9-10,15H2,1-4H3,(H,29,31)/b19-18-. The average Bonchev–Trinajstić information content (AvgIpc) is 3.60. The highest BCUT2D eigenvalue weighted by Crippen LogP contribution is 2.35. The minimum Gasteiger partial charge on any atom is -0.370 e. The van der Waals surface area contributed by atoms with Gasteiger partial charge in [0.05, 0.1) is 11.6 Å². The smallest absolute Gasteiger partial charge is 0.164 e. The summed E-state index contributed by atoms with van der Waals surface area (Å²) in [6.45, 7) is 5.23. The molecule has 8 nitrogen and oxygen atoms in total. The van der Waals surface area contributed by atoms with Gasteiger partial charge >= 0.3 is 0 Å². The largest absolute Gasteiger partial charge is 0.370 e. The molecule has 0 amide bonds.